The molecule has 0 spiro atoms. The van der Waals surface area contributed by atoms with Crippen molar-refractivity contribution in [1.29, 1.82) is 0 Å². The fourth-order valence-corrected chi connectivity index (χ4v) is 2.09. The predicted molar refractivity (Wildman–Crippen MR) is 62.6 cm³/mol. The highest BCUT2D eigenvalue weighted by molar-refractivity contribution is 5.99. The lowest BCUT2D eigenvalue weighted by Gasteiger charge is -2.22. The molecule has 0 N–H and O–H groups in total. The van der Waals surface area contributed by atoms with E-state index in [2.05, 4.69) is 13.8 Å². The second-order valence-corrected chi connectivity index (χ2v) is 4.18. The Morgan fingerprint density at radius 3 is 2.88 bits per heavy atom. The van der Waals surface area contributed by atoms with Gasteiger partial charge in [-0.05, 0) is 25.5 Å². The highest BCUT2D eigenvalue weighted by atomic mass is 16.5. The number of amides is 1. The van der Waals surface area contributed by atoms with Crippen LogP contribution in [0.5, 0.6) is 5.75 Å². The number of carbonyl (C=O) groups excluding carboxylic acids is 1. The molecule has 1 aromatic carbocycles. The maximum absolute atomic E-state index is 12.1. The third-order valence-electron chi connectivity index (χ3n) is 3.30. The molecule has 0 saturated carbocycles. The Hall–Kier alpha value is -1.51. The van der Waals surface area contributed by atoms with Gasteiger partial charge in [0.1, 0.15) is 5.75 Å². The fraction of sp³-hybridized carbons (Fsp3) is 0.462. The van der Waals surface area contributed by atoms with E-state index in [1.54, 1.807) is 7.11 Å². The molecular weight excluding hydrogens is 202 g/mol. The van der Waals surface area contributed by atoms with Crippen LogP contribution in [0.4, 0.5) is 0 Å². The molecule has 1 aliphatic rings. The number of rotatable bonds is 3. The average molecular weight is 219 g/mol. The highest BCUT2D eigenvalue weighted by Gasteiger charge is 2.31. The summed E-state index contributed by atoms with van der Waals surface area (Å²) in [6.45, 7) is 4.85. The van der Waals surface area contributed by atoms with Crippen LogP contribution in [0.15, 0.2) is 18.2 Å². The van der Waals surface area contributed by atoms with Crippen molar-refractivity contribution < 1.29 is 9.53 Å². The lowest BCUT2D eigenvalue weighted by molar-refractivity contribution is 0.0713. The first-order chi connectivity index (χ1) is 7.69. The second kappa shape index (κ2) is 4.16. The van der Waals surface area contributed by atoms with E-state index in [1.165, 1.54) is 0 Å². The number of nitrogens with zero attached hydrogens (tertiary/aromatic N) is 1. The Kier molecular flexibility index (Phi) is 2.86. The van der Waals surface area contributed by atoms with E-state index in [0.717, 1.165) is 23.3 Å². The van der Waals surface area contributed by atoms with Crippen LogP contribution in [0.2, 0.25) is 0 Å². The molecule has 3 nitrogen and oxygen atoms in total. The quantitative estimate of drug-likeness (QED) is 0.781. The minimum absolute atomic E-state index is 0.128. The molecule has 1 heterocycles. The molecule has 1 aliphatic heterocycles. The van der Waals surface area contributed by atoms with Gasteiger partial charge in [0.05, 0.1) is 13.7 Å². The van der Waals surface area contributed by atoms with Crippen LogP contribution in [0.1, 0.15) is 36.2 Å². The van der Waals surface area contributed by atoms with Crippen LogP contribution in [0.3, 0.4) is 0 Å². The average Bonchev–Trinajstić information content (AvgIpc) is 2.66. The zero-order chi connectivity index (χ0) is 11.7. The minimum atomic E-state index is 0.128. The van der Waals surface area contributed by atoms with E-state index in [9.17, 15) is 4.79 Å². The minimum Gasteiger partial charge on any atom is -0.496 e. The number of hydrogen-bond acceptors (Lipinski definition) is 2. The van der Waals surface area contributed by atoms with Crippen molar-refractivity contribution in [3.05, 3.63) is 29.3 Å². The molecule has 0 radical (unpaired) electrons. The summed E-state index contributed by atoms with van der Waals surface area (Å²) in [5.74, 6) is 0.944. The number of benzene rings is 1. The molecule has 0 aliphatic carbocycles. The number of carbonyl (C=O) groups is 1. The Balaban J connectivity index is 2.37. The van der Waals surface area contributed by atoms with Crippen molar-refractivity contribution in [2.24, 2.45) is 0 Å². The van der Waals surface area contributed by atoms with Gasteiger partial charge >= 0.3 is 0 Å². The Labute approximate surface area is 96.0 Å². The van der Waals surface area contributed by atoms with Crippen LogP contribution in [-0.2, 0) is 6.54 Å². The van der Waals surface area contributed by atoms with Crippen molar-refractivity contribution >= 4 is 5.91 Å². The van der Waals surface area contributed by atoms with E-state index in [-0.39, 0.29) is 11.9 Å². The van der Waals surface area contributed by atoms with Gasteiger partial charge in [-0.1, -0.05) is 13.0 Å². The maximum Gasteiger partial charge on any atom is 0.254 e. The molecule has 2 rings (SSSR count). The van der Waals surface area contributed by atoms with E-state index < -0.39 is 0 Å². The van der Waals surface area contributed by atoms with Crippen molar-refractivity contribution in [2.75, 3.05) is 7.11 Å². The highest BCUT2D eigenvalue weighted by Crippen LogP contribution is 2.32. The maximum atomic E-state index is 12.1. The third kappa shape index (κ3) is 1.56. The number of hydrogen-bond donors (Lipinski definition) is 0. The molecular formula is C13H17NO2. The lowest BCUT2D eigenvalue weighted by atomic mass is 10.1. The van der Waals surface area contributed by atoms with Crippen LogP contribution in [0.25, 0.3) is 0 Å². The van der Waals surface area contributed by atoms with Crippen LogP contribution >= 0.6 is 0 Å². The molecule has 3 heteroatoms. The first kappa shape index (κ1) is 11.0. The summed E-state index contributed by atoms with van der Waals surface area (Å²) in [5.41, 5.74) is 1.81. The summed E-state index contributed by atoms with van der Waals surface area (Å²) < 4.78 is 5.29. The van der Waals surface area contributed by atoms with E-state index in [1.807, 2.05) is 23.1 Å². The molecule has 86 valence electrons. The van der Waals surface area contributed by atoms with E-state index >= 15 is 0 Å². The monoisotopic (exact) mass is 219 g/mol. The zero-order valence-corrected chi connectivity index (χ0v) is 9.99. The summed E-state index contributed by atoms with van der Waals surface area (Å²) in [6.07, 6.45) is 0.974. The topological polar surface area (TPSA) is 29.5 Å². The molecule has 0 fully saturated rings. The van der Waals surface area contributed by atoms with Gasteiger partial charge in [-0.15, -0.1) is 0 Å². The van der Waals surface area contributed by atoms with Gasteiger partial charge < -0.3 is 9.64 Å². The van der Waals surface area contributed by atoms with Gasteiger partial charge in [0.2, 0.25) is 0 Å². The largest absolute Gasteiger partial charge is 0.496 e. The van der Waals surface area contributed by atoms with Crippen molar-refractivity contribution in [3.63, 3.8) is 0 Å². The smallest absolute Gasteiger partial charge is 0.254 e. The van der Waals surface area contributed by atoms with Crippen LogP contribution in [0, 0.1) is 0 Å². The number of fused-ring (bicyclic) bond motifs is 1. The van der Waals surface area contributed by atoms with Crippen LogP contribution < -0.4 is 4.74 Å². The summed E-state index contributed by atoms with van der Waals surface area (Å²) >= 11 is 0. The van der Waals surface area contributed by atoms with Crippen molar-refractivity contribution in [3.8, 4) is 5.75 Å². The predicted octanol–water partition coefficient (Wildman–Crippen LogP) is 2.45. The van der Waals surface area contributed by atoms with Gasteiger partial charge in [-0.25, -0.2) is 0 Å². The summed E-state index contributed by atoms with van der Waals surface area (Å²) in [6, 6.07) is 5.94. The molecule has 0 saturated heterocycles. The fourth-order valence-electron chi connectivity index (χ4n) is 2.09. The SMILES string of the molecule is CCC(C)N1Cc2c(OC)cccc2C1=O. The normalized spacial score (nSPS) is 16.2. The molecule has 0 bridgehead atoms. The van der Waals surface area contributed by atoms with Crippen molar-refractivity contribution in [2.45, 2.75) is 32.9 Å². The Bertz CT molecular complexity index is 414. The van der Waals surface area contributed by atoms with Gasteiger partial charge in [-0.2, -0.15) is 0 Å². The van der Waals surface area contributed by atoms with E-state index in [0.29, 0.717) is 6.54 Å². The standard InChI is InChI=1S/C13H17NO2/c1-4-9(2)14-8-11-10(13(14)15)6-5-7-12(11)16-3/h5-7,9H,4,8H2,1-3H3. The zero-order valence-electron chi connectivity index (χ0n) is 9.99. The lowest BCUT2D eigenvalue weighted by Crippen LogP contribution is -2.32. The van der Waals surface area contributed by atoms with Gasteiger partial charge in [0, 0.05) is 17.2 Å². The first-order valence-electron chi connectivity index (χ1n) is 5.65. The summed E-state index contributed by atoms with van der Waals surface area (Å²) in [5, 5.41) is 0. The number of ether oxygens (including phenoxy) is 1. The Morgan fingerprint density at radius 1 is 1.50 bits per heavy atom. The first-order valence-corrected chi connectivity index (χ1v) is 5.65. The van der Waals surface area contributed by atoms with E-state index in [4.69, 9.17) is 4.74 Å². The molecule has 1 amide bonds. The molecule has 0 aromatic heterocycles. The van der Waals surface area contributed by atoms with Gasteiger partial charge in [0.15, 0.2) is 0 Å². The van der Waals surface area contributed by atoms with Gasteiger partial charge in [0.25, 0.3) is 5.91 Å². The third-order valence-corrected chi connectivity index (χ3v) is 3.30. The number of methoxy groups -OCH3 is 1. The van der Waals surface area contributed by atoms with Crippen molar-refractivity contribution in [1.82, 2.24) is 4.90 Å². The van der Waals surface area contributed by atoms with Crippen LogP contribution in [-0.4, -0.2) is 24.0 Å². The summed E-state index contributed by atoms with van der Waals surface area (Å²) in [4.78, 5) is 14.0. The molecule has 1 atom stereocenters. The molecule has 1 unspecified atom stereocenters. The van der Waals surface area contributed by atoms with Gasteiger partial charge in [-0.3, -0.25) is 4.79 Å². The molecule has 16 heavy (non-hydrogen) atoms. The molecule has 1 aromatic rings. The summed E-state index contributed by atoms with van der Waals surface area (Å²) in [7, 11) is 1.64. The second-order valence-electron chi connectivity index (χ2n) is 4.18. The Morgan fingerprint density at radius 2 is 2.25 bits per heavy atom.